The van der Waals surface area contributed by atoms with Crippen LogP contribution in [-0.2, 0) is 6.54 Å². The molecule has 0 bridgehead atoms. The first-order valence-electron chi connectivity index (χ1n) is 8.29. The summed E-state index contributed by atoms with van der Waals surface area (Å²) in [6.45, 7) is 7.70. The van der Waals surface area contributed by atoms with Gasteiger partial charge in [-0.1, -0.05) is 0 Å². The lowest BCUT2D eigenvalue weighted by Crippen LogP contribution is -2.44. The number of aromatic nitrogens is 3. The minimum absolute atomic E-state index is 0.167. The topological polar surface area (TPSA) is 51.0 Å². The molecule has 1 amide bonds. The van der Waals surface area contributed by atoms with Crippen LogP contribution in [-0.4, -0.2) is 37.9 Å². The van der Waals surface area contributed by atoms with Gasteiger partial charge in [-0.25, -0.2) is 9.97 Å². The van der Waals surface area contributed by atoms with Gasteiger partial charge in [0.25, 0.3) is 5.91 Å². The lowest BCUT2D eigenvalue weighted by atomic mass is 9.99. The number of hydrogen-bond donors (Lipinski definition) is 0. The predicted octanol–water partition coefficient (Wildman–Crippen LogP) is 3.35. The number of likely N-dealkylation sites (tertiary alicyclic amines) is 1. The molecule has 5 nitrogen and oxygen atoms in total. The average Bonchev–Trinajstić information content (AvgIpc) is 3.10. The normalized spacial score (nSPS) is 18.4. The second-order valence-electron chi connectivity index (χ2n) is 6.25. The minimum atomic E-state index is 0.167. The Labute approximate surface area is 141 Å². The van der Waals surface area contributed by atoms with Crippen LogP contribution in [0.4, 0.5) is 0 Å². The molecule has 3 rings (SSSR count). The Hall–Kier alpha value is -1.69. The van der Waals surface area contributed by atoms with E-state index in [9.17, 15) is 4.79 Å². The summed E-state index contributed by atoms with van der Waals surface area (Å²) in [5, 5.41) is 0.966. The Bertz CT molecular complexity index is 691. The third kappa shape index (κ3) is 3.47. The number of aryl methyl sites for hydroxylation is 4. The van der Waals surface area contributed by atoms with Crippen LogP contribution in [0.3, 0.4) is 0 Å². The number of thiazole rings is 1. The zero-order valence-corrected chi connectivity index (χ0v) is 14.9. The summed E-state index contributed by atoms with van der Waals surface area (Å²) in [4.78, 5) is 24.5. The van der Waals surface area contributed by atoms with Crippen LogP contribution < -0.4 is 0 Å². The molecule has 124 valence electrons. The molecule has 1 atom stereocenters. The van der Waals surface area contributed by atoms with Crippen LogP contribution in [0, 0.1) is 20.8 Å². The number of piperidine rings is 1. The Kier molecular flexibility index (Phi) is 4.80. The number of carbonyl (C=O) groups excluding carboxylic acids is 1. The fraction of sp³-hybridized carbons (Fsp3) is 0.588. The maximum Gasteiger partial charge on any atom is 0.266 e. The Morgan fingerprint density at radius 1 is 1.35 bits per heavy atom. The van der Waals surface area contributed by atoms with Gasteiger partial charge in [0.05, 0.1) is 10.7 Å². The molecule has 2 aromatic heterocycles. The summed E-state index contributed by atoms with van der Waals surface area (Å²) < 4.78 is 2.17. The van der Waals surface area contributed by atoms with E-state index >= 15 is 0 Å². The number of nitrogens with zero attached hydrogens (tertiary/aromatic N) is 4. The molecule has 0 aromatic carbocycles. The van der Waals surface area contributed by atoms with Gasteiger partial charge >= 0.3 is 0 Å². The van der Waals surface area contributed by atoms with Gasteiger partial charge in [-0.15, -0.1) is 11.3 Å². The highest BCUT2D eigenvalue weighted by Crippen LogP contribution is 2.26. The highest BCUT2D eigenvalue weighted by Gasteiger charge is 2.29. The van der Waals surface area contributed by atoms with E-state index in [1.54, 1.807) is 0 Å². The Balaban J connectivity index is 1.72. The van der Waals surface area contributed by atoms with Crippen LogP contribution in [0.25, 0.3) is 0 Å². The van der Waals surface area contributed by atoms with E-state index in [2.05, 4.69) is 19.4 Å². The van der Waals surface area contributed by atoms with Crippen molar-refractivity contribution in [1.82, 2.24) is 19.4 Å². The van der Waals surface area contributed by atoms with E-state index in [1.807, 2.05) is 33.2 Å². The van der Waals surface area contributed by atoms with E-state index in [1.165, 1.54) is 17.8 Å². The molecule has 0 radical (unpaired) electrons. The van der Waals surface area contributed by atoms with E-state index in [0.29, 0.717) is 6.04 Å². The van der Waals surface area contributed by atoms with Crippen LogP contribution in [0.5, 0.6) is 0 Å². The first kappa shape index (κ1) is 16.2. The summed E-state index contributed by atoms with van der Waals surface area (Å²) in [5.74, 6) is 1.20. The van der Waals surface area contributed by atoms with Crippen molar-refractivity contribution in [3.63, 3.8) is 0 Å². The van der Waals surface area contributed by atoms with Gasteiger partial charge in [0, 0.05) is 31.5 Å². The molecule has 3 heterocycles. The number of amides is 1. The molecule has 1 aliphatic rings. The molecule has 1 unspecified atom stereocenters. The summed E-state index contributed by atoms with van der Waals surface area (Å²) in [6, 6.07) is 0.319. The fourth-order valence-electron chi connectivity index (χ4n) is 3.36. The van der Waals surface area contributed by atoms with E-state index in [0.717, 1.165) is 53.8 Å². The monoisotopic (exact) mass is 332 g/mol. The lowest BCUT2D eigenvalue weighted by molar-refractivity contribution is 0.0599. The third-order valence-corrected chi connectivity index (χ3v) is 5.67. The fourth-order valence-corrected chi connectivity index (χ4v) is 4.23. The molecular weight excluding hydrogens is 308 g/mol. The smallest absolute Gasteiger partial charge is 0.266 e. The second kappa shape index (κ2) is 6.83. The van der Waals surface area contributed by atoms with Crippen LogP contribution >= 0.6 is 11.3 Å². The first-order valence-corrected chi connectivity index (χ1v) is 9.10. The maximum absolute atomic E-state index is 12.9. The molecule has 0 N–H and O–H groups in total. The van der Waals surface area contributed by atoms with Crippen molar-refractivity contribution in [2.24, 2.45) is 0 Å². The summed E-state index contributed by atoms with van der Waals surface area (Å²) in [7, 11) is 0. The van der Waals surface area contributed by atoms with Gasteiger partial charge in [-0.05, 0) is 46.5 Å². The predicted molar refractivity (Wildman–Crippen MR) is 91.8 cm³/mol. The standard InChI is InChI=1S/C17H24N4OS/c1-12-16(23-14(3)19-12)17(22)21-9-5-4-6-15(21)7-10-20-11-8-18-13(20)2/h8,11,15H,4-7,9-10H2,1-3H3. The first-order chi connectivity index (χ1) is 11.1. The summed E-state index contributed by atoms with van der Waals surface area (Å²) in [5.41, 5.74) is 0.868. The number of carbonyl (C=O) groups is 1. The van der Waals surface area contributed by atoms with Crippen molar-refractivity contribution in [2.75, 3.05) is 6.54 Å². The largest absolute Gasteiger partial charge is 0.335 e. The molecule has 0 aliphatic carbocycles. The molecule has 0 spiro atoms. The zero-order valence-electron chi connectivity index (χ0n) is 14.1. The highest BCUT2D eigenvalue weighted by molar-refractivity contribution is 7.13. The molecule has 1 saturated heterocycles. The van der Waals surface area contributed by atoms with Crippen LogP contribution in [0.2, 0.25) is 0 Å². The van der Waals surface area contributed by atoms with E-state index in [-0.39, 0.29) is 5.91 Å². The number of imidazole rings is 1. The van der Waals surface area contributed by atoms with Crippen molar-refractivity contribution in [3.05, 3.63) is 33.8 Å². The molecule has 2 aromatic rings. The van der Waals surface area contributed by atoms with Crippen LogP contribution in [0.1, 0.15) is 51.9 Å². The van der Waals surface area contributed by atoms with E-state index in [4.69, 9.17) is 0 Å². The quantitative estimate of drug-likeness (QED) is 0.863. The molecular formula is C17H24N4OS. The van der Waals surface area contributed by atoms with Crippen molar-refractivity contribution in [2.45, 2.75) is 59.0 Å². The minimum Gasteiger partial charge on any atom is -0.335 e. The van der Waals surface area contributed by atoms with E-state index < -0.39 is 0 Å². The second-order valence-corrected chi connectivity index (χ2v) is 7.46. The summed E-state index contributed by atoms with van der Waals surface area (Å²) in [6.07, 6.45) is 8.24. The Morgan fingerprint density at radius 3 is 2.83 bits per heavy atom. The summed E-state index contributed by atoms with van der Waals surface area (Å²) >= 11 is 1.52. The molecule has 1 fully saturated rings. The van der Waals surface area contributed by atoms with Gasteiger partial charge in [0.15, 0.2) is 0 Å². The lowest BCUT2D eigenvalue weighted by Gasteiger charge is -2.36. The van der Waals surface area contributed by atoms with Crippen molar-refractivity contribution in [1.29, 1.82) is 0 Å². The molecule has 1 aliphatic heterocycles. The van der Waals surface area contributed by atoms with Gasteiger partial charge < -0.3 is 9.47 Å². The molecule has 23 heavy (non-hydrogen) atoms. The van der Waals surface area contributed by atoms with Crippen molar-refractivity contribution >= 4 is 17.2 Å². The van der Waals surface area contributed by atoms with Gasteiger partial charge in [0.2, 0.25) is 0 Å². The Morgan fingerprint density at radius 2 is 2.17 bits per heavy atom. The third-order valence-electron chi connectivity index (χ3n) is 4.61. The average molecular weight is 332 g/mol. The number of hydrogen-bond acceptors (Lipinski definition) is 4. The van der Waals surface area contributed by atoms with Gasteiger partial charge in [0.1, 0.15) is 10.7 Å². The van der Waals surface area contributed by atoms with Crippen molar-refractivity contribution in [3.8, 4) is 0 Å². The highest BCUT2D eigenvalue weighted by atomic mass is 32.1. The number of rotatable bonds is 4. The van der Waals surface area contributed by atoms with Gasteiger partial charge in [-0.3, -0.25) is 4.79 Å². The maximum atomic E-state index is 12.9. The SMILES string of the molecule is Cc1nc(C)c(C(=O)N2CCCCC2CCn2ccnc2C)s1. The zero-order chi connectivity index (χ0) is 16.4. The van der Waals surface area contributed by atoms with Crippen molar-refractivity contribution < 1.29 is 4.79 Å². The molecule has 0 saturated carbocycles. The van der Waals surface area contributed by atoms with Gasteiger partial charge in [-0.2, -0.15) is 0 Å². The molecule has 6 heteroatoms. The van der Waals surface area contributed by atoms with Crippen LogP contribution in [0.15, 0.2) is 12.4 Å².